The van der Waals surface area contributed by atoms with Gasteiger partial charge in [0.2, 0.25) is 0 Å². The van der Waals surface area contributed by atoms with E-state index in [1.165, 1.54) is 6.07 Å². The Bertz CT molecular complexity index is 533. The van der Waals surface area contributed by atoms with Gasteiger partial charge in [0.05, 0.1) is 5.56 Å². The lowest BCUT2D eigenvalue weighted by atomic mass is 10.1. The monoisotopic (exact) mass is 340 g/mol. The number of carbonyl (C=O) groups excluding carboxylic acids is 1. The highest BCUT2D eigenvalue weighted by Crippen LogP contribution is 2.23. The molecular formula is C14H17BrN2O3. The number of amides is 2. The predicted molar refractivity (Wildman–Crippen MR) is 80.1 cm³/mol. The number of rotatable bonds is 3. The summed E-state index contributed by atoms with van der Waals surface area (Å²) in [5.41, 5.74) is 0.631. The molecule has 1 aromatic carbocycles. The molecule has 0 aromatic heterocycles. The molecule has 1 atom stereocenters. The summed E-state index contributed by atoms with van der Waals surface area (Å²) in [4.78, 5) is 24.9. The molecule has 108 valence electrons. The van der Waals surface area contributed by atoms with Crippen LogP contribution in [0.4, 0.5) is 10.5 Å². The lowest BCUT2D eigenvalue weighted by Gasteiger charge is -2.17. The van der Waals surface area contributed by atoms with E-state index in [0.29, 0.717) is 16.1 Å². The molecule has 1 fully saturated rings. The molecule has 2 amide bonds. The van der Waals surface area contributed by atoms with Crippen molar-refractivity contribution in [3.8, 4) is 0 Å². The van der Waals surface area contributed by atoms with E-state index in [1.54, 1.807) is 17.0 Å². The molecular weight excluding hydrogens is 324 g/mol. The molecule has 6 heteroatoms. The Kier molecular flexibility index (Phi) is 4.65. The van der Waals surface area contributed by atoms with Crippen LogP contribution < -0.4 is 5.32 Å². The maximum absolute atomic E-state index is 12.1. The van der Waals surface area contributed by atoms with E-state index >= 15 is 0 Å². The summed E-state index contributed by atoms with van der Waals surface area (Å²) in [5, 5.41) is 11.8. The molecule has 2 rings (SSSR count). The first kappa shape index (κ1) is 14.8. The van der Waals surface area contributed by atoms with E-state index in [1.807, 2.05) is 0 Å². The summed E-state index contributed by atoms with van der Waals surface area (Å²) in [6.45, 7) is 3.65. The lowest BCUT2D eigenvalue weighted by molar-refractivity contribution is 0.0696. The second-order valence-corrected chi connectivity index (χ2v) is 5.79. The molecule has 2 N–H and O–H groups in total. The maximum Gasteiger partial charge on any atom is 0.336 e. The van der Waals surface area contributed by atoms with Crippen LogP contribution in [0.1, 0.15) is 30.1 Å². The number of halogens is 1. The highest BCUT2D eigenvalue weighted by molar-refractivity contribution is 9.10. The second kappa shape index (κ2) is 6.26. The number of benzene rings is 1. The van der Waals surface area contributed by atoms with Gasteiger partial charge < -0.3 is 15.3 Å². The number of likely N-dealkylation sites (tertiary alicyclic amines) is 1. The zero-order valence-electron chi connectivity index (χ0n) is 11.2. The Balaban J connectivity index is 2.05. The smallest absolute Gasteiger partial charge is 0.336 e. The molecule has 0 bridgehead atoms. The van der Waals surface area contributed by atoms with Gasteiger partial charge in [-0.05, 0) is 46.5 Å². The number of urea groups is 1. The SMILES string of the molecule is CCC1CCN(C(=O)Nc2ccc(Br)c(C(=O)O)c2)C1. The molecule has 1 unspecified atom stereocenters. The number of nitrogens with one attached hydrogen (secondary N) is 1. The van der Waals surface area contributed by atoms with E-state index in [2.05, 4.69) is 28.2 Å². The maximum atomic E-state index is 12.1. The van der Waals surface area contributed by atoms with Crippen LogP contribution in [0.5, 0.6) is 0 Å². The minimum atomic E-state index is -1.03. The number of aromatic carboxylic acids is 1. The van der Waals surface area contributed by atoms with Crippen molar-refractivity contribution in [1.29, 1.82) is 0 Å². The van der Waals surface area contributed by atoms with Gasteiger partial charge in [-0.1, -0.05) is 13.3 Å². The minimum Gasteiger partial charge on any atom is -0.478 e. The average Bonchev–Trinajstić information content (AvgIpc) is 2.89. The van der Waals surface area contributed by atoms with Gasteiger partial charge in [-0.15, -0.1) is 0 Å². The Morgan fingerprint density at radius 1 is 1.50 bits per heavy atom. The van der Waals surface area contributed by atoms with E-state index < -0.39 is 5.97 Å². The van der Waals surface area contributed by atoms with Crippen molar-refractivity contribution in [1.82, 2.24) is 4.90 Å². The van der Waals surface area contributed by atoms with Crippen molar-refractivity contribution in [2.24, 2.45) is 5.92 Å². The fraction of sp³-hybridized carbons (Fsp3) is 0.429. The third kappa shape index (κ3) is 3.30. The highest BCUT2D eigenvalue weighted by atomic mass is 79.9. The number of nitrogens with zero attached hydrogens (tertiary/aromatic N) is 1. The third-order valence-corrected chi connectivity index (χ3v) is 4.29. The third-order valence-electron chi connectivity index (χ3n) is 3.60. The summed E-state index contributed by atoms with van der Waals surface area (Å²) in [5.74, 6) is -0.458. The first-order valence-corrected chi connectivity index (χ1v) is 7.39. The number of hydrogen-bond donors (Lipinski definition) is 2. The van der Waals surface area contributed by atoms with E-state index in [9.17, 15) is 9.59 Å². The Morgan fingerprint density at radius 3 is 2.85 bits per heavy atom. The van der Waals surface area contributed by atoms with Crippen molar-refractivity contribution in [2.75, 3.05) is 18.4 Å². The number of carboxylic acid groups (broad SMARTS) is 1. The van der Waals surface area contributed by atoms with Gasteiger partial charge in [-0.3, -0.25) is 0 Å². The van der Waals surface area contributed by atoms with Gasteiger partial charge in [0.15, 0.2) is 0 Å². The van der Waals surface area contributed by atoms with Crippen LogP contribution >= 0.6 is 15.9 Å². The Morgan fingerprint density at radius 2 is 2.25 bits per heavy atom. The minimum absolute atomic E-state index is 0.135. The fourth-order valence-corrected chi connectivity index (χ4v) is 2.74. The zero-order valence-corrected chi connectivity index (χ0v) is 12.8. The highest BCUT2D eigenvalue weighted by Gasteiger charge is 2.25. The molecule has 0 saturated carbocycles. The fourth-order valence-electron chi connectivity index (χ4n) is 2.32. The number of carbonyl (C=O) groups is 2. The van der Waals surface area contributed by atoms with Crippen molar-refractivity contribution < 1.29 is 14.7 Å². The first-order valence-electron chi connectivity index (χ1n) is 6.60. The van der Waals surface area contributed by atoms with Gasteiger partial charge in [0.1, 0.15) is 0 Å². The molecule has 1 aromatic rings. The van der Waals surface area contributed by atoms with Crippen molar-refractivity contribution in [3.63, 3.8) is 0 Å². The van der Waals surface area contributed by atoms with Gasteiger partial charge in [-0.25, -0.2) is 9.59 Å². The zero-order chi connectivity index (χ0) is 14.7. The van der Waals surface area contributed by atoms with Crippen LogP contribution in [0.15, 0.2) is 22.7 Å². The molecule has 1 heterocycles. The van der Waals surface area contributed by atoms with Crippen LogP contribution in [0.3, 0.4) is 0 Å². The van der Waals surface area contributed by atoms with Gasteiger partial charge >= 0.3 is 12.0 Å². The summed E-state index contributed by atoms with van der Waals surface area (Å²) >= 11 is 3.18. The van der Waals surface area contributed by atoms with E-state index in [0.717, 1.165) is 25.9 Å². The van der Waals surface area contributed by atoms with Crippen LogP contribution in [-0.4, -0.2) is 35.1 Å². The molecule has 0 aliphatic carbocycles. The van der Waals surface area contributed by atoms with Crippen molar-refractivity contribution in [2.45, 2.75) is 19.8 Å². The topological polar surface area (TPSA) is 69.6 Å². The summed E-state index contributed by atoms with van der Waals surface area (Å²) in [7, 11) is 0. The van der Waals surface area contributed by atoms with Crippen molar-refractivity contribution in [3.05, 3.63) is 28.2 Å². The van der Waals surface area contributed by atoms with Crippen LogP contribution in [-0.2, 0) is 0 Å². The average molecular weight is 341 g/mol. The second-order valence-electron chi connectivity index (χ2n) is 4.94. The summed E-state index contributed by atoms with van der Waals surface area (Å²) < 4.78 is 0.496. The normalized spacial score (nSPS) is 18.1. The van der Waals surface area contributed by atoms with Gasteiger partial charge in [0, 0.05) is 23.2 Å². The van der Waals surface area contributed by atoms with E-state index in [-0.39, 0.29) is 11.6 Å². The number of carboxylic acids is 1. The van der Waals surface area contributed by atoms with Gasteiger partial charge in [0.25, 0.3) is 0 Å². The summed E-state index contributed by atoms with van der Waals surface area (Å²) in [6.07, 6.45) is 2.11. The van der Waals surface area contributed by atoms with Gasteiger partial charge in [-0.2, -0.15) is 0 Å². The quantitative estimate of drug-likeness (QED) is 0.885. The molecule has 0 radical (unpaired) electrons. The molecule has 1 aliphatic rings. The Labute approximate surface area is 126 Å². The van der Waals surface area contributed by atoms with Crippen LogP contribution in [0.25, 0.3) is 0 Å². The molecule has 20 heavy (non-hydrogen) atoms. The van der Waals surface area contributed by atoms with Crippen LogP contribution in [0, 0.1) is 5.92 Å². The first-order chi connectivity index (χ1) is 9.51. The number of hydrogen-bond acceptors (Lipinski definition) is 2. The largest absolute Gasteiger partial charge is 0.478 e. The molecule has 0 spiro atoms. The molecule has 1 aliphatic heterocycles. The standard InChI is InChI=1S/C14H17BrN2O3/c1-2-9-5-6-17(8-9)14(20)16-10-3-4-12(15)11(7-10)13(18)19/h3-4,7,9H,2,5-6,8H2,1H3,(H,16,20)(H,18,19). The Hall–Kier alpha value is -1.56. The van der Waals surface area contributed by atoms with E-state index in [4.69, 9.17) is 5.11 Å². The lowest BCUT2D eigenvalue weighted by Crippen LogP contribution is -2.33. The summed E-state index contributed by atoms with van der Waals surface area (Å²) in [6, 6.07) is 4.59. The van der Waals surface area contributed by atoms with Crippen LogP contribution in [0.2, 0.25) is 0 Å². The molecule has 1 saturated heterocycles. The predicted octanol–water partition coefficient (Wildman–Crippen LogP) is 3.41. The number of anilines is 1. The van der Waals surface area contributed by atoms with Crippen molar-refractivity contribution >= 4 is 33.6 Å². The molecule has 5 nitrogen and oxygen atoms in total.